The molecular weight excluding hydrogens is 328 g/mol. The van der Waals surface area contributed by atoms with Gasteiger partial charge in [0.25, 0.3) is 0 Å². The van der Waals surface area contributed by atoms with E-state index in [1.165, 1.54) is 5.56 Å². The number of carbonyl (C=O) groups excluding carboxylic acids is 2. The number of benzene rings is 1. The smallest absolute Gasteiger partial charge is 0.227 e. The lowest BCUT2D eigenvalue weighted by molar-refractivity contribution is -0.130. The first-order valence-electron chi connectivity index (χ1n) is 9.19. The van der Waals surface area contributed by atoms with E-state index in [2.05, 4.69) is 5.32 Å². The van der Waals surface area contributed by atoms with E-state index >= 15 is 0 Å². The molecule has 4 rings (SSSR count). The van der Waals surface area contributed by atoms with E-state index in [1.807, 2.05) is 48.2 Å². The van der Waals surface area contributed by atoms with Crippen LogP contribution >= 0.6 is 0 Å². The molecule has 1 N–H and O–H groups in total. The van der Waals surface area contributed by atoms with Crippen LogP contribution in [0.5, 0.6) is 0 Å². The van der Waals surface area contributed by atoms with Crippen molar-refractivity contribution in [2.45, 2.75) is 32.7 Å². The Bertz CT molecular complexity index is 797. The fraction of sp³-hybridized carbons (Fsp3) is 0.429. The molecule has 0 radical (unpaired) electrons. The Hall–Kier alpha value is -2.56. The van der Waals surface area contributed by atoms with E-state index in [1.54, 1.807) is 6.26 Å². The number of furan rings is 1. The van der Waals surface area contributed by atoms with Gasteiger partial charge in [0, 0.05) is 24.4 Å². The average molecular weight is 352 g/mol. The van der Waals surface area contributed by atoms with Crippen LogP contribution in [0.15, 0.2) is 47.1 Å². The van der Waals surface area contributed by atoms with Gasteiger partial charge in [-0.15, -0.1) is 0 Å². The van der Waals surface area contributed by atoms with Gasteiger partial charge in [-0.1, -0.05) is 29.8 Å². The van der Waals surface area contributed by atoms with Crippen LogP contribution in [0.2, 0.25) is 0 Å². The minimum Gasteiger partial charge on any atom is -0.467 e. The number of carbonyl (C=O) groups is 2. The SMILES string of the molecule is Cc1ccc(CC(=O)N2CC[C@]3(C[C@@H]3C(=O)NCc3ccco3)C2)cc1. The molecule has 26 heavy (non-hydrogen) atoms. The van der Waals surface area contributed by atoms with Crippen molar-refractivity contribution in [2.75, 3.05) is 13.1 Å². The molecule has 0 bridgehead atoms. The van der Waals surface area contributed by atoms with Gasteiger partial charge in [-0.25, -0.2) is 0 Å². The van der Waals surface area contributed by atoms with E-state index < -0.39 is 0 Å². The van der Waals surface area contributed by atoms with Gasteiger partial charge in [-0.2, -0.15) is 0 Å². The maximum atomic E-state index is 12.6. The summed E-state index contributed by atoms with van der Waals surface area (Å²) in [5, 5.41) is 2.95. The highest BCUT2D eigenvalue weighted by molar-refractivity contribution is 5.84. The summed E-state index contributed by atoms with van der Waals surface area (Å²) < 4.78 is 5.25. The van der Waals surface area contributed by atoms with Crippen molar-refractivity contribution in [3.63, 3.8) is 0 Å². The third-order valence-electron chi connectivity index (χ3n) is 5.74. The lowest BCUT2D eigenvalue weighted by Gasteiger charge is -2.17. The third kappa shape index (κ3) is 3.39. The molecular formula is C21H24N2O3. The number of rotatable bonds is 5. The van der Waals surface area contributed by atoms with Crippen LogP contribution in [0.4, 0.5) is 0 Å². The molecule has 0 unspecified atom stereocenters. The van der Waals surface area contributed by atoms with Crippen LogP contribution in [0.25, 0.3) is 0 Å². The summed E-state index contributed by atoms with van der Waals surface area (Å²) in [7, 11) is 0. The van der Waals surface area contributed by atoms with Gasteiger partial charge < -0.3 is 14.6 Å². The lowest BCUT2D eigenvalue weighted by Crippen LogP contribution is -2.32. The molecule has 2 fully saturated rings. The quantitative estimate of drug-likeness (QED) is 0.900. The van der Waals surface area contributed by atoms with Crippen LogP contribution in [0.1, 0.15) is 29.7 Å². The van der Waals surface area contributed by atoms with Crippen LogP contribution in [-0.2, 0) is 22.6 Å². The molecule has 1 aliphatic carbocycles. The molecule has 1 aromatic heterocycles. The summed E-state index contributed by atoms with van der Waals surface area (Å²) in [5.74, 6) is 1.02. The number of hydrogen-bond acceptors (Lipinski definition) is 3. The Morgan fingerprint density at radius 3 is 2.81 bits per heavy atom. The minimum atomic E-state index is -0.00379. The van der Waals surface area contributed by atoms with Crippen LogP contribution in [0.3, 0.4) is 0 Å². The highest BCUT2D eigenvalue weighted by Crippen LogP contribution is 2.58. The van der Waals surface area contributed by atoms with Crippen LogP contribution < -0.4 is 5.32 Å². The summed E-state index contributed by atoms with van der Waals surface area (Å²) in [5.41, 5.74) is 2.24. The third-order valence-corrected chi connectivity index (χ3v) is 5.74. The molecule has 5 heteroatoms. The summed E-state index contributed by atoms with van der Waals surface area (Å²) in [6.07, 6.45) is 3.84. The van der Waals surface area contributed by atoms with Crippen molar-refractivity contribution < 1.29 is 14.0 Å². The van der Waals surface area contributed by atoms with Crippen molar-refractivity contribution in [3.05, 3.63) is 59.5 Å². The van der Waals surface area contributed by atoms with E-state index in [0.29, 0.717) is 19.5 Å². The Kier molecular flexibility index (Phi) is 4.31. The lowest BCUT2D eigenvalue weighted by atomic mass is 10.0. The molecule has 5 nitrogen and oxygen atoms in total. The van der Waals surface area contributed by atoms with Crippen molar-refractivity contribution in [2.24, 2.45) is 11.3 Å². The highest BCUT2D eigenvalue weighted by atomic mass is 16.3. The predicted octanol–water partition coefficient (Wildman–Crippen LogP) is 2.69. The van der Waals surface area contributed by atoms with E-state index in [0.717, 1.165) is 30.7 Å². The molecule has 2 aliphatic rings. The molecule has 1 aromatic carbocycles. The van der Waals surface area contributed by atoms with Crippen LogP contribution in [0, 0.1) is 18.3 Å². The summed E-state index contributed by atoms with van der Waals surface area (Å²) in [6.45, 7) is 3.93. The van der Waals surface area contributed by atoms with Gasteiger partial charge >= 0.3 is 0 Å². The molecule has 1 aliphatic heterocycles. The molecule has 2 heterocycles. The van der Waals surface area contributed by atoms with Gasteiger partial charge in [0.15, 0.2) is 0 Å². The first-order valence-corrected chi connectivity index (χ1v) is 9.19. The van der Waals surface area contributed by atoms with Crippen molar-refractivity contribution in [1.29, 1.82) is 0 Å². The van der Waals surface area contributed by atoms with Crippen molar-refractivity contribution >= 4 is 11.8 Å². The Balaban J connectivity index is 1.29. The molecule has 1 saturated carbocycles. The molecule has 2 atom stereocenters. The van der Waals surface area contributed by atoms with Gasteiger partial charge in [0.05, 0.1) is 19.2 Å². The number of aryl methyl sites for hydroxylation is 1. The predicted molar refractivity (Wildman–Crippen MR) is 97.2 cm³/mol. The second-order valence-electron chi connectivity index (χ2n) is 7.64. The largest absolute Gasteiger partial charge is 0.467 e. The van der Waals surface area contributed by atoms with Gasteiger partial charge in [0.2, 0.25) is 11.8 Å². The molecule has 2 aromatic rings. The number of likely N-dealkylation sites (tertiary alicyclic amines) is 1. The second-order valence-corrected chi connectivity index (χ2v) is 7.64. The highest BCUT2D eigenvalue weighted by Gasteiger charge is 2.61. The first kappa shape index (κ1) is 16.9. The van der Waals surface area contributed by atoms with E-state index in [4.69, 9.17) is 4.42 Å². The average Bonchev–Trinajstić information content (AvgIpc) is 2.99. The number of amides is 2. The molecule has 2 amide bonds. The number of hydrogen-bond donors (Lipinski definition) is 1. The normalized spacial score (nSPS) is 24.0. The molecule has 1 saturated heterocycles. The van der Waals surface area contributed by atoms with Crippen molar-refractivity contribution in [3.8, 4) is 0 Å². The second kappa shape index (κ2) is 6.63. The van der Waals surface area contributed by atoms with E-state index in [9.17, 15) is 9.59 Å². The monoisotopic (exact) mass is 352 g/mol. The van der Waals surface area contributed by atoms with Gasteiger partial charge in [-0.3, -0.25) is 9.59 Å². The maximum Gasteiger partial charge on any atom is 0.227 e. The van der Waals surface area contributed by atoms with Gasteiger partial charge in [-0.05, 0) is 37.5 Å². The Morgan fingerprint density at radius 2 is 2.08 bits per heavy atom. The Morgan fingerprint density at radius 1 is 1.27 bits per heavy atom. The summed E-state index contributed by atoms with van der Waals surface area (Å²) in [4.78, 5) is 26.9. The fourth-order valence-corrected chi connectivity index (χ4v) is 3.98. The van der Waals surface area contributed by atoms with Crippen LogP contribution in [-0.4, -0.2) is 29.8 Å². The topological polar surface area (TPSA) is 62.6 Å². The zero-order valence-corrected chi connectivity index (χ0v) is 15.0. The Labute approximate surface area is 153 Å². The fourth-order valence-electron chi connectivity index (χ4n) is 3.98. The number of nitrogens with zero attached hydrogens (tertiary/aromatic N) is 1. The maximum absolute atomic E-state index is 12.6. The minimum absolute atomic E-state index is 0.00379. The van der Waals surface area contributed by atoms with E-state index in [-0.39, 0.29) is 23.1 Å². The molecule has 136 valence electrons. The first-order chi connectivity index (χ1) is 12.6. The zero-order chi connectivity index (χ0) is 18.1. The zero-order valence-electron chi connectivity index (χ0n) is 15.0. The molecule has 1 spiro atoms. The number of nitrogens with one attached hydrogen (secondary N) is 1. The summed E-state index contributed by atoms with van der Waals surface area (Å²) >= 11 is 0. The summed E-state index contributed by atoms with van der Waals surface area (Å²) in [6, 6.07) is 11.8. The van der Waals surface area contributed by atoms with Gasteiger partial charge in [0.1, 0.15) is 5.76 Å². The van der Waals surface area contributed by atoms with Crippen molar-refractivity contribution in [1.82, 2.24) is 10.2 Å². The standard InChI is InChI=1S/C21H24N2O3/c1-15-4-6-16(7-5-15)11-19(24)23-9-8-21(14-23)12-18(21)20(25)22-13-17-3-2-10-26-17/h2-7,10,18H,8-9,11-14H2,1H3,(H,22,25)/t18-,21+/m1/s1.